The minimum atomic E-state index is -0.838. The van der Waals surface area contributed by atoms with Crippen molar-refractivity contribution in [3.8, 4) is 6.07 Å². The van der Waals surface area contributed by atoms with Crippen LogP contribution in [0.5, 0.6) is 0 Å². The minimum Gasteiger partial charge on any atom is -0.481 e. The summed E-state index contributed by atoms with van der Waals surface area (Å²) >= 11 is 0. The van der Waals surface area contributed by atoms with Crippen molar-refractivity contribution in [2.24, 2.45) is 5.41 Å². The molecule has 0 spiro atoms. The van der Waals surface area contributed by atoms with Crippen LogP contribution in [0.25, 0.3) is 11.0 Å². The van der Waals surface area contributed by atoms with Crippen molar-refractivity contribution in [1.29, 1.82) is 5.26 Å². The van der Waals surface area contributed by atoms with Gasteiger partial charge in [-0.3, -0.25) is 9.59 Å². The number of amides is 1. The molecule has 33 heavy (non-hydrogen) atoms. The van der Waals surface area contributed by atoms with E-state index in [1.165, 1.54) is 5.56 Å². The maximum absolute atomic E-state index is 12.9. The molecule has 1 amide bonds. The first kappa shape index (κ1) is 22.5. The van der Waals surface area contributed by atoms with Gasteiger partial charge in [0.15, 0.2) is 0 Å². The highest BCUT2D eigenvalue weighted by molar-refractivity contribution is 5.84. The van der Waals surface area contributed by atoms with E-state index in [0.29, 0.717) is 44.5 Å². The van der Waals surface area contributed by atoms with Crippen LogP contribution in [0, 0.1) is 16.7 Å². The lowest BCUT2D eigenvalue weighted by Crippen LogP contribution is -2.36. The van der Waals surface area contributed by atoms with Crippen molar-refractivity contribution >= 4 is 22.9 Å². The molecule has 0 atom stereocenters. The molecular formula is C26H28N4O3. The summed E-state index contributed by atoms with van der Waals surface area (Å²) in [5, 5.41) is 19.7. The van der Waals surface area contributed by atoms with Gasteiger partial charge >= 0.3 is 5.97 Å². The summed E-state index contributed by atoms with van der Waals surface area (Å²) in [4.78, 5) is 30.8. The molecular weight excluding hydrogens is 416 g/mol. The summed E-state index contributed by atoms with van der Waals surface area (Å²) in [6.45, 7) is 5.11. The number of pyridine rings is 1. The predicted octanol–water partition coefficient (Wildman–Crippen LogP) is 4.12. The normalized spacial score (nSPS) is 13.5. The zero-order chi connectivity index (χ0) is 23.6. The Morgan fingerprint density at radius 1 is 1.24 bits per heavy atom. The number of rotatable bonds is 7. The van der Waals surface area contributed by atoms with Gasteiger partial charge < -0.3 is 14.6 Å². The van der Waals surface area contributed by atoms with Crippen molar-refractivity contribution < 1.29 is 14.7 Å². The quantitative estimate of drug-likeness (QED) is 0.591. The maximum Gasteiger partial charge on any atom is 0.309 e. The largest absolute Gasteiger partial charge is 0.481 e. The van der Waals surface area contributed by atoms with Crippen LogP contribution in [0.3, 0.4) is 0 Å². The second-order valence-corrected chi connectivity index (χ2v) is 9.31. The molecule has 1 aliphatic heterocycles. The number of carbonyl (C=O) groups excluding carboxylic acids is 1. The van der Waals surface area contributed by atoms with Gasteiger partial charge in [-0.05, 0) is 68.5 Å². The van der Waals surface area contributed by atoms with Crippen LogP contribution in [0.15, 0.2) is 42.6 Å². The van der Waals surface area contributed by atoms with E-state index in [1.807, 2.05) is 29.2 Å². The number of hydrogen-bond donors (Lipinski definition) is 1. The average molecular weight is 445 g/mol. The van der Waals surface area contributed by atoms with Gasteiger partial charge in [-0.1, -0.05) is 12.1 Å². The molecule has 3 heterocycles. The number of nitrogens with zero attached hydrogens (tertiary/aromatic N) is 4. The third kappa shape index (κ3) is 4.61. The Balaban J connectivity index is 1.57. The molecule has 0 bridgehead atoms. The van der Waals surface area contributed by atoms with Gasteiger partial charge in [0.25, 0.3) is 0 Å². The van der Waals surface area contributed by atoms with Crippen LogP contribution in [-0.4, -0.2) is 38.0 Å². The summed E-state index contributed by atoms with van der Waals surface area (Å²) in [7, 11) is 0. The molecule has 1 aliphatic rings. The molecule has 1 aromatic carbocycles. The van der Waals surface area contributed by atoms with Crippen molar-refractivity contribution in [2.45, 2.75) is 52.6 Å². The van der Waals surface area contributed by atoms with E-state index in [0.717, 1.165) is 28.7 Å². The van der Waals surface area contributed by atoms with Gasteiger partial charge in [-0.2, -0.15) is 5.26 Å². The lowest BCUT2D eigenvalue weighted by molar-refractivity contribution is -0.147. The van der Waals surface area contributed by atoms with Crippen molar-refractivity contribution in [3.05, 3.63) is 65.0 Å². The summed E-state index contributed by atoms with van der Waals surface area (Å²) in [5.41, 5.74) is 4.00. The fourth-order valence-corrected chi connectivity index (χ4v) is 4.51. The summed E-state index contributed by atoms with van der Waals surface area (Å²) < 4.78 is 2.16. The molecule has 4 rings (SSSR count). The van der Waals surface area contributed by atoms with E-state index in [-0.39, 0.29) is 5.91 Å². The fourth-order valence-electron chi connectivity index (χ4n) is 4.51. The lowest BCUT2D eigenvalue weighted by Gasteiger charge is -2.29. The van der Waals surface area contributed by atoms with Gasteiger partial charge in [-0.15, -0.1) is 0 Å². The van der Waals surface area contributed by atoms with Gasteiger partial charge in [0.2, 0.25) is 5.91 Å². The molecule has 0 saturated heterocycles. The Bertz CT molecular complexity index is 1250. The highest BCUT2D eigenvalue weighted by atomic mass is 16.4. The molecule has 7 heteroatoms. The van der Waals surface area contributed by atoms with E-state index in [1.54, 1.807) is 26.1 Å². The van der Waals surface area contributed by atoms with Crippen molar-refractivity contribution in [1.82, 2.24) is 14.5 Å². The van der Waals surface area contributed by atoms with Gasteiger partial charge in [0.05, 0.1) is 23.6 Å². The van der Waals surface area contributed by atoms with Crippen LogP contribution in [0.2, 0.25) is 0 Å². The number of nitriles is 1. The molecule has 0 radical (unpaired) electrons. The zero-order valence-electron chi connectivity index (χ0n) is 19.0. The van der Waals surface area contributed by atoms with E-state index < -0.39 is 11.4 Å². The molecule has 0 unspecified atom stereocenters. The second-order valence-electron chi connectivity index (χ2n) is 9.31. The highest BCUT2D eigenvalue weighted by Crippen LogP contribution is 2.31. The molecule has 0 saturated carbocycles. The summed E-state index contributed by atoms with van der Waals surface area (Å²) in [5.74, 6) is -0.784. The molecule has 0 aliphatic carbocycles. The third-order valence-electron chi connectivity index (χ3n) is 6.53. The van der Waals surface area contributed by atoms with E-state index in [4.69, 9.17) is 0 Å². The Hall–Kier alpha value is -3.66. The van der Waals surface area contributed by atoms with Crippen LogP contribution in [0.1, 0.15) is 55.5 Å². The van der Waals surface area contributed by atoms with Crippen molar-refractivity contribution in [2.75, 3.05) is 6.54 Å². The molecule has 3 aromatic rings. The fraction of sp³-hybridized carbons (Fsp3) is 0.385. The number of carboxylic acids is 1. The lowest BCUT2D eigenvalue weighted by atomic mass is 9.87. The van der Waals surface area contributed by atoms with Gasteiger partial charge in [0.1, 0.15) is 5.65 Å². The Kier molecular flexibility index (Phi) is 6.19. The Labute approximate surface area is 193 Å². The minimum absolute atomic E-state index is 0.0538. The van der Waals surface area contributed by atoms with Crippen molar-refractivity contribution in [3.63, 3.8) is 0 Å². The molecule has 7 nitrogen and oxygen atoms in total. The molecule has 1 N–H and O–H groups in total. The number of carboxylic acid groups (broad SMARTS) is 1. The highest BCUT2D eigenvalue weighted by Gasteiger charge is 2.29. The van der Waals surface area contributed by atoms with Crippen LogP contribution in [-0.2, 0) is 29.1 Å². The molecule has 170 valence electrons. The SMILES string of the molecule is CC(C)(CCCC(=O)N1CCc2c(n(Cc3cccc(C#N)c3)c3ncccc23)C1)C(=O)O. The van der Waals surface area contributed by atoms with Crippen LogP contribution in [0.4, 0.5) is 0 Å². The smallest absolute Gasteiger partial charge is 0.309 e. The third-order valence-corrected chi connectivity index (χ3v) is 6.53. The predicted molar refractivity (Wildman–Crippen MR) is 124 cm³/mol. The standard InChI is InChI=1S/C26H28N4O3/c1-26(2,25(32)33)11-4-9-23(31)29-13-10-20-21-8-5-12-28-24(21)30(22(20)17-29)16-19-7-3-6-18(14-19)15-27/h3,5-8,12,14H,4,9-11,13,16-17H2,1-2H3,(H,32,33). The first-order valence-electron chi connectivity index (χ1n) is 11.3. The number of hydrogen-bond acceptors (Lipinski definition) is 4. The number of fused-ring (bicyclic) bond motifs is 3. The monoisotopic (exact) mass is 444 g/mol. The van der Waals surface area contributed by atoms with E-state index >= 15 is 0 Å². The van der Waals surface area contributed by atoms with Crippen LogP contribution >= 0.6 is 0 Å². The second kappa shape index (κ2) is 9.07. The summed E-state index contributed by atoms with van der Waals surface area (Å²) in [6.07, 6.45) is 3.90. The average Bonchev–Trinajstić information content (AvgIpc) is 3.12. The number of aromatic nitrogens is 2. The van der Waals surface area contributed by atoms with Crippen LogP contribution < -0.4 is 0 Å². The zero-order valence-corrected chi connectivity index (χ0v) is 19.0. The topological polar surface area (TPSA) is 99.2 Å². The first-order valence-corrected chi connectivity index (χ1v) is 11.3. The van der Waals surface area contributed by atoms with Gasteiger partial charge in [-0.25, -0.2) is 4.98 Å². The Morgan fingerprint density at radius 2 is 2.06 bits per heavy atom. The molecule has 2 aromatic heterocycles. The number of carbonyl (C=O) groups is 2. The van der Waals surface area contributed by atoms with Gasteiger partial charge in [0, 0.05) is 36.8 Å². The first-order chi connectivity index (χ1) is 15.8. The Morgan fingerprint density at radius 3 is 2.82 bits per heavy atom. The van der Waals surface area contributed by atoms with E-state index in [9.17, 15) is 20.0 Å². The number of aliphatic carboxylic acids is 1. The number of benzene rings is 1. The maximum atomic E-state index is 12.9. The van der Waals surface area contributed by atoms with E-state index in [2.05, 4.69) is 21.7 Å². The molecule has 0 fully saturated rings. The summed E-state index contributed by atoms with van der Waals surface area (Å²) in [6, 6.07) is 13.8.